The van der Waals surface area contributed by atoms with Crippen molar-refractivity contribution in [2.24, 2.45) is 11.7 Å². The van der Waals surface area contributed by atoms with Crippen molar-refractivity contribution in [1.82, 2.24) is 9.88 Å². The number of hydrogen-bond acceptors (Lipinski definition) is 4. The number of pyridine rings is 1. The highest BCUT2D eigenvalue weighted by atomic mass is 19.1. The first-order chi connectivity index (χ1) is 13.0. The smallest absolute Gasteiger partial charge is 0.409 e. The van der Waals surface area contributed by atoms with Gasteiger partial charge in [-0.2, -0.15) is 0 Å². The maximum atomic E-state index is 13.2. The number of likely N-dealkylation sites (tertiary alicyclic amines) is 1. The number of primary amides is 1. The van der Waals surface area contributed by atoms with Gasteiger partial charge in [-0.3, -0.25) is 9.78 Å². The van der Waals surface area contributed by atoms with E-state index in [1.54, 1.807) is 17.0 Å². The highest BCUT2D eigenvalue weighted by Crippen LogP contribution is 2.23. The van der Waals surface area contributed by atoms with Gasteiger partial charge >= 0.3 is 6.09 Å². The molecule has 1 fully saturated rings. The molecule has 1 saturated heterocycles. The standard InChI is InChI=1S/C20H22FN3O3/c21-17-3-1-2-15(10-17)5-4-14-6-8-24(9-7-14)20(26)27-18-11-16(19(22)25)12-23-13-18/h1-3,10-14H,4-9H2,(H2,22,25). The molecule has 0 bridgehead atoms. The summed E-state index contributed by atoms with van der Waals surface area (Å²) < 4.78 is 18.5. The molecule has 0 aliphatic carbocycles. The van der Waals surface area contributed by atoms with Gasteiger partial charge in [0.05, 0.1) is 11.8 Å². The summed E-state index contributed by atoms with van der Waals surface area (Å²) in [5, 5.41) is 0. The molecule has 1 aromatic carbocycles. The Labute approximate surface area is 157 Å². The zero-order valence-electron chi connectivity index (χ0n) is 14.9. The van der Waals surface area contributed by atoms with Crippen molar-refractivity contribution in [2.45, 2.75) is 25.7 Å². The van der Waals surface area contributed by atoms with Crippen molar-refractivity contribution in [3.63, 3.8) is 0 Å². The molecule has 7 heteroatoms. The molecular weight excluding hydrogens is 349 g/mol. The molecule has 0 unspecified atom stereocenters. The number of benzene rings is 1. The summed E-state index contributed by atoms with van der Waals surface area (Å²) in [5.41, 5.74) is 6.39. The zero-order valence-corrected chi connectivity index (χ0v) is 14.9. The topological polar surface area (TPSA) is 85.5 Å². The molecule has 2 amide bonds. The van der Waals surface area contributed by atoms with Gasteiger partial charge in [-0.15, -0.1) is 0 Å². The number of nitrogens with zero attached hydrogens (tertiary/aromatic N) is 2. The largest absolute Gasteiger partial charge is 0.415 e. The second kappa shape index (κ2) is 8.62. The summed E-state index contributed by atoms with van der Waals surface area (Å²) in [4.78, 5) is 29.0. The molecule has 3 rings (SSSR count). The van der Waals surface area contributed by atoms with E-state index in [1.165, 1.54) is 24.5 Å². The van der Waals surface area contributed by atoms with Crippen LogP contribution >= 0.6 is 0 Å². The Hall–Kier alpha value is -2.96. The third-order valence-electron chi connectivity index (χ3n) is 4.81. The van der Waals surface area contributed by atoms with Gasteiger partial charge in [0.25, 0.3) is 0 Å². The minimum Gasteiger partial charge on any atom is -0.409 e. The van der Waals surface area contributed by atoms with Gasteiger partial charge < -0.3 is 15.4 Å². The van der Waals surface area contributed by atoms with Crippen LogP contribution in [0.4, 0.5) is 9.18 Å². The predicted octanol–water partition coefficient (Wildman–Crippen LogP) is 3.16. The Morgan fingerprint density at radius 2 is 2.00 bits per heavy atom. The fourth-order valence-electron chi connectivity index (χ4n) is 3.24. The number of ether oxygens (including phenoxy) is 1. The number of halogens is 1. The van der Waals surface area contributed by atoms with E-state index < -0.39 is 12.0 Å². The van der Waals surface area contributed by atoms with E-state index in [0.29, 0.717) is 19.0 Å². The molecule has 0 radical (unpaired) electrons. The van der Waals surface area contributed by atoms with Crippen LogP contribution in [0.2, 0.25) is 0 Å². The van der Waals surface area contributed by atoms with Crippen molar-refractivity contribution in [3.05, 3.63) is 59.7 Å². The Kier molecular flexibility index (Phi) is 6.01. The molecule has 1 aliphatic heterocycles. The number of aryl methyl sites for hydroxylation is 1. The van der Waals surface area contributed by atoms with Gasteiger partial charge in [0, 0.05) is 19.3 Å². The first-order valence-corrected chi connectivity index (χ1v) is 8.97. The Bertz CT molecular complexity index is 820. The quantitative estimate of drug-likeness (QED) is 0.875. The van der Waals surface area contributed by atoms with Crippen molar-refractivity contribution >= 4 is 12.0 Å². The number of amides is 2. The average molecular weight is 371 g/mol. The summed E-state index contributed by atoms with van der Waals surface area (Å²) in [7, 11) is 0. The van der Waals surface area contributed by atoms with E-state index in [0.717, 1.165) is 31.2 Å². The van der Waals surface area contributed by atoms with Gasteiger partial charge in [0.1, 0.15) is 5.82 Å². The lowest BCUT2D eigenvalue weighted by molar-refractivity contribution is 0.0998. The van der Waals surface area contributed by atoms with Crippen LogP contribution in [-0.2, 0) is 6.42 Å². The molecule has 0 saturated carbocycles. The fraction of sp³-hybridized carbons (Fsp3) is 0.350. The van der Waals surface area contributed by atoms with E-state index in [9.17, 15) is 14.0 Å². The lowest BCUT2D eigenvalue weighted by atomic mass is 9.91. The average Bonchev–Trinajstić information content (AvgIpc) is 2.67. The van der Waals surface area contributed by atoms with Crippen molar-refractivity contribution in [3.8, 4) is 5.75 Å². The number of rotatable bonds is 5. The van der Waals surface area contributed by atoms with Crippen LogP contribution in [0.3, 0.4) is 0 Å². The van der Waals surface area contributed by atoms with E-state index in [-0.39, 0.29) is 17.1 Å². The molecule has 1 aromatic heterocycles. The minimum absolute atomic E-state index is 0.191. The third kappa shape index (κ3) is 5.26. The third-order valence-corrected chi connectivity index (χ3v) is 4.81. The minimum atomic E-state index is -0.625. The summed E-state index contributed by atoms with van der Waals surface area (Å²) in [6.45, 7) is 1.21. The van der Waals surface area contributed by atoms with Crippen LogP contribution < -0.4 is 10.5 Å². The van der Waals surface area contributed by atoms with Crippen molar-refractivity contribution < 1.29 is 18.7 Å². The SMILES string of the molecule is NC(=O)c1cncc(OC(=O)N2CCC(CCc3cccc(F)c3)CC2)c1. The molecule has 1 aliphatic rings. The summed E-state index contributed by atoms with van der Waals surface area (Å²) >= 11 is 0. The number of carbonyl (C=O) groups is 2. The monoisotopic (exact) mass is 371 g/mol. The molecule has 2 heterocycles. The maximum Gasteiger partial charge on any atom is 0.415 e. The van der Waals surface area contributed by atoms with Crippen LogP contribution in [0.1, 0.15) is 35.2 Å². The molecule has 6 nitrogen and oxygen atoms in total. The number of aromatic nitrogens is 1. The van der Waals surface area contributed by atoms with Gasteiger partial charge in [0.2, 0.25) is 5.91 Å². The summed E-state index contributed by atoms with van der Waals surface area (Å²) in [5.74, 6) is -0.138. The van der Waals surface area contributed by atoms with Crippen LogP contribution in [-0.4, -0.2) is 35.0 Å². The lowest BCUT2D eigenvalue weighted by Crippen LogP contribution is -2.40. The van der Waals surface area contributed by atoms with Gasteiger partial charge in [-0.1, -0.05) is 12.1 Å². The lowest BCUT2D eigenvalue weighted by Gasteiger charge is -2.31. The predicted molar refractivity (Wildman–Crippen MR) is 97.8 cm³/mol. The van der Waals surface area contributed by atoms with E-state index in [4.69, 9.17) is 10.5 Å². The second-order valence-corrected chi connectivity index (χ2v) is 6.74. The second-order valence-electron chi connectivity index (χ2n) is 6.74. The molecule has 27 heavy (non-hydrogen) atoms. The van der Waals surface area contributed by atoms with Crippen molar-refractivity contribution in [2.75, 3.05) is 13.1 Å². The van der Waals surface area contributed by atoms with Crippen LogP contribution in [0.25, 0.3) is 0 Å². The summed E-state index contributed by atoms with van der Waals surface area (Å²) in [6, 6.07) is 8.08. The number of piperidine rings is 1. The van der Waals surface area contributed by atoms with E-state index in [1.807, 2.05) is 6.07 Å². The number of carbonyl (C=O) groups excluding carboxylic acids is 2. The van der Waals surface area contributed by atoms with Gasteiger partial charge in [0.15, 0.2) is 5.75 Å². The number of hydrogen-bond donors (Lipinski definition) is 1. The first-order valence-electron chi connectivity index (χ1n) is 8.97. The van der Waals surface area contributed by atoms with Gasteiger partial charge in [-0.05, 0) is 55.4 Å². The van der Waals surface area contributed by atoms with E-state index >= 15 is 0 Å². The van der Waals surface area contributed by atoms with Crippen LogP contribution in [0, 0.1) is 11.7 Å². The zero-order chi connectivity index (χ0) is 19.2. The maximum absolute atomic E-state index is 13.2. The molecule has 0 spiro atoms. The highest BCUT2D eigenvalue weighted by molar-refractivity contribution is 5.92. The Morgan fingerprint density at radius 1 is 1.22 bits per heavy atom. The summed E-state index contributed by atoms with van der Waals surface area (Å²) in [6.07, 6.45) is 5.80. The molecule has 2 aromatic rings. The highest BCUT2D eigenvalue weighted by Gasteiger charge is 2.24. The Morgan fingerprint density at radius 3 is 2.70 bits per heavy atom. The van der Waals surface area contributed by atoms with Crippen molar-refractivity contribution in [1.29, 1.82) is 0 Å². The fourth-order valence-corrected chi connectivity index (χ4v) is 3.24. The molecule has 142 valence electrons. The van der Waals surface area contributed by atoms with Crippen LogP contribution in [0.5, 0.6) is 5.75 Å². The van der Waals surface area contributed by atoms with Crippen LogP contribution in [0.15, 0.2) is 42.7 Å². The molecule has 2 N–H and O–H groups in total. The van der Waals surface area contributed by atoms with E-state index in [2.05, 4.69) is 4.98 Å². The number of nitrogens with two attached hydrogens (primary N) is 1. The normalized spacial score (nSPS) is 14.8. The van der Waals surface area contributed by atoms with Gasteiger partial charge in [-0.25, -0.2) is 9.18 Å². The Balaban J connectivity index is 1.46. The molecular formula is C20H22FN3O3. The first kappa shape index (κ1) is 18.8. The molecule has 0 atom stereocenters.